The van der Waals surface area contributed by atoms with Gasteiger partial charge < -0.3 is 5.32 Å². The van der Waals surface area contributed by atoms with Crippen molar-refractivity contribution in [2.24, 2.45) is 5.92 Å². The van der Waals surface area contributed by atoms with Gasteiger partial charge in [0, 0.05) is 11.4 Å². The summed E-state index contributed by atoms with van der Waals surface area (Å²) >= 11 is 0. The monoisotopic (exact) mass is 295 g/mol. The van der Waals surface area contributed by atoms with E-state index in [-0.39, 0.29) is 0 Å². The van der Waals surface area contributed by atoms with E-state index >= 15 is 0 Å². The Labute approximate surface area is 136 Å². The lowest BCUT2D eigenvalue weighted by Crippen LogP contribution is -2.08. The molecule has 0 aliphatic carbocycles. The van der Waals surface area contributed by atoms with Gasteiger partial charge in [-0.05, 0) is 68.4 Å². The topological polar surface area (TPSA) is 12.0 Å². The van der Waals surface area contributed by atoms with Gasteiger partial charge in [0.1, 0.15) is 0 Å². The highest BCUT2D eigenvalue weighted by atomic mass is 14.9. The van der Waals surface area contributed by atoms with Gasteiger partial charge in [0.25, 0.3) is 0 Å². The molecule has 0 bridgehead atoms. The van der Waals surface area contributed by atoms with Gasteiger partial charge in [-0.25, -0.2) is 0 Å². The van der Waals surface area contributed by atoms with Gasteiger partial charge in [-0.2, -0.15) is 0 Å². The number of allylic oxidation sites excluding steroid dienone is 6. The highest BCUT2D eigenvalue weighted by Crippen LogP contribution is 2.22. The zero-order chi connectivity index (χ0) is 16.5. The van der Waals surface area contributed by atoms with E-state index in [1.165, 1.54) is 16.7 Å². The lowest BCUT2D eigenvalue weighted by molar-refractivity contribution is 0.619. The molecule has 0 radical (unpaired) electrons. The smallest absolute Gasteiger partial charge is 0.0384 e. The molecular weight excluding hydrogens is 266 g/mol. The van der Waals surface area contributed by atoms with Crippen LogP contribution in [-0.2, 0) is 0 Å². The van der Waals surface area contributed by atoms with Crippen LogP contribution in [-0.4, -0.2) is 0 Å². The van der Waals surface area contributed by atoms with Crippen LogP contribution in [0.2, 0.25) is 0 Å². The van der Waals surface area contributed by atoms with Gasteiger partial charge in [-0.1, -0.05) is 50.5 Å². The van der Waals surface area contributed by atoms with Crippen LogP contribution in [0.3, 0.4) is 0 Å². The molecule has 0 aliphatic rings. The van der Waals surface area contributed by atoms with E-state index in [1.54, 1.807) is 0 Å². The van der Waals surface area contributed by atoms with Gasteiger partial charge in [0.15, 0.2) is 0 Å². The van der Waals surface area contributed by atoms with Crippen molar-refractivity contribution in [3.05, 3.63) is 78.1 Å². The first-order chi connectivity index (χ1) is 10.5. The van der Waals surface area contributed by atoms with Gasteiger partial charge >= 0.3 is 0 Å². The minimum absolute atomic E-state index is 0.417. The average molecular weight is 295 g/mol. The molecule has 1 aromatic rings. The summed E-state index contributed by atoms with van der Waals surface area (Å²) in [5.74, 6) is 0.417. The number of rotatable bonds is 8. The second kappa shape index (κ2) is 9.09. The van der Waals surface area contributed by atoms with Crippen molar-refractivity contribution in [1.82, 2.24) is 0 Å². The molecule has 118 valence electrons. The minimum Gasteiger partial charge on any atom is -0.359 e. The maximum Gasteiger partial charge on any atom is 0.0384 e. The number of nitrogens with one attached hydrogen (secondary N) is 1. The molecule has 1 atom stereocenters. The SMILES string of the molecule is C=C/C=C(\C=C/C)CCC(C)C(=C)Nc1ccc(C)c(C)c1. The van der Waals surface area contributed by atoms with Crippen molar-refractivity contribution in [3.8, 4) is 0 Å². The number of benzene rings is 1. The first-order valence-electron chi connectivity index (χ1n) is 7.95. The summed E-state index contributed by atoms with van der Waals surface area (Å²) in [6, 6.07) is 6.44. The van der Waals surface area contributed by atoms with E-state index in [9.17, 15) is 0 Å². The van der Waals surface area contributed by atoms with Crippen LogP contribution in [0.25, 0.3) is 0 Å². The van der Waals surface area contributed by atoms with Crippen molar-refractivity contribution in [1.29, 1.82) is 0 Å². The normalized spacial score (nSPS) is 13.2. The molecule has 1 rings (SSSR count). The predicted molar refractivity (Wildman–Crippen MR) is 100 cm³/mol. The van der Waals surface area contributed by atoms with Crippen molar-refractivity contribution >= 4 is 5.69 Å². The maximum atomic E-state index is 4.20. The molecular formula is C21H29N. The zero-order valence-corrected chi connectivity index (χ0v) is 14.4. The minimum atomic E-state index is 0.417. The lowest BCUT2D eigenvalue weighted by Gasteiger charge is -2.18. The Morgan fingerprint density at radius 1 is 1.27 bits per heavy atom. The van der Waals surface area contributed by atoms with Crippen LogP contribution in [0.1, 0.15) is 37.8 Å². The van der Waals surface area contributed by atoms with Crippen molar-refractivity contribution in [2.75, 3.05) is 5.32 Å². The van der Waals surface area contributed by atoms with Crippen LogP contribution in [0, 0.1) is 19.8 Å². The predicted octanol–water partition coefficient (Wildman–Crippen LogP) is 6.33. The van der Waals surface area contributed by atoms with Gasteiger partial charge in [0.05, 0.1) is 0 Å². The molecule has 22 heavy (non-hydrogen) atoms. The van der Waals surface area contributed by atoms with Crippen molar-refractivity contribution in [3.63, 3.8) is 0 Å². The molecule has 0 aliphatic heterocycles. The van der Waals surface area contributed by atoms with Gasteiger partial charge in [-0.3, -0.25) is 0 Å². The maximum absolute atomic E-state index is 4.20. The Hall–Kier alpha value is -2.02. The molecule has 0 spiro atoms. The van der Waals surface area contributed by atoms with Crippen LogP contribution in [0.4, 0.5) is 5.69 Å². The fraction of sp³-hybridized carbons (Fsp3) is 0.333. The van der Waals surface area contributed by atoms with Crippen LogP contribution < -0.4 is 5.32 Å². The number of hydrogen-bond donors (Lipinski definition) is 1. The molecule has 0 aromatic heterocycles. The molecule has 1 N–H and O–H groups in total. The summed E-state index contributed by atoms with van der Waals surface area (Å²) in [4.78, 5) is 0. The highest BCUT2D eigenvalue weighted by Gasteiger charge is 2.08. The molecule has 1 heteroatoms. The van der Waals surface area contributed by atoms with E-state index in [0.29, 0.717) is 5.92 Å². The van der Waals surface area contributed by atoms with Gasteiger partial charge in [0.2, 0.25) is 0 Å². The first kappa shape index (κ1) is 18.0. The fourth-order valence-electron chi connectivity index (χ4n) is 2.27. The number of aryl methyl sites for hydroxylation is 2. The van der Waals surface area contributed by atoms with Crippen molar-refractivity contribution in [2.45, 2.75) is 40.5 Å². The summed E-state index contributed by atoms with van der Waals surface area (Å²) in [6.07, 6.45) is 10.2. The van der Waals surface area contributed by atoms with E-state index in [0.717, 1.165) is 24.2 Å². The Kier molecular flexibility index (Phi) is 7.45. The van der Waals surface area contributed by atoms with Crippen LogP contribution in [0.15, 0.2) is 66.9 Å². The van der Waals surface area contributed by atoms with E-state index in [1.807, 2.05) is 13.0 Å². The molecule has 1 aromatic carbocycles. The van der Waals surface area contributed by atoms with Gasteiger partial charge in [-0.15, -0.1) is 0 Å². The second-order valence-corrected chi connectivity index (χ2v) is 5.87. The third kappa shape index (κ3) is 5.77. The summed E-state index contributed by atoms with van der Waals surface area (Å²) in [5, 5.41) is 3.45. The third-order valence-electron chi connectivity index (χ3n) is 3.99. The fourth-order valence-corrected chi connectivity index (χ4v) is 2.27. The van der Waals surface area contributed by atoms with Crippen LogP contribution >= 0.6 is 0 Å². The Morgan fingerprint density at radius 3 is 2.59 bits per heavy atom. The van der Waals surface area contributed by atoms with E-state index in [2.05, 4.69) is 75.7 Å². The molecule has 0 saturated carbocycles. The first-order valence-corrected chi connectivity index (χ1v) is 7.95. The Bertz CT molecular complexity index is 576. The molecule has 1 nitrogen and oxygen atoms in total. The standard InChI is InChI=1S/C21H29N/c1-7-9-20(10-8-2)13-11-17(4)19(6)22-21-14-12-16(3)18(5)15-21/h7-10,12,14-15,17,22H,1,6,11,13H2,2-5H3/b10-8-,20-9+. The number of anilines is 1. The summed E-state index contributed by atoms with van der Waals surface area (Å²) in [6.45, 7) is 16.5. The molecule has 1 unspecified atom stereocenters. The summed E-state index contributed by atoms with van der Waals surface area (Å²) < 4.78 is 0. The molecule has 0 amide bonds. The largest absolute Gasteiger partial charge is 0.359 e. The molecule has 0 fully saturated rings. The van der Waals surface area contributed by atoms with E-state index in [4.69, 9.17) is 0 Å². The van der Waals surface area contributed by atoms with Crippen molar-refractivity contribution < 1.29 is 0 Å². The third-order valence-corrected chi connectivity index (χ3v) is 3.99. The zero-order valence-electron chi connectivity index (χ0n) is 14.4. The quantitative estimate of drug-likeness (QED) is 0.552. The highest BCUT2D eigenvalue weighted by molar-refractivity contribution is 5.51. The molecule has 0 saturated heterocycles. The lowest BCUT2D eigenvalue weighted by atomic mass is 9.98. The molecule has 0 heterocycles. The average Bonchev–Trinajstić information content (AvgIpc) is 2.48. The summed E-state index contributed by atoms with van der Waals surface area (Å²) in [5.41, 5.74) is 6.12. The number of hydrogen-bond acceptors (Lipinski definition) is 1. The summed E-state index contributed by atoms with van der Waals surface area (Å²) in [7, 11) is 0. The second-order valence-electron chi connectivity index (χ2n) is 5.87. The Balaban J connectivity index is 2.59. The van der Waals surface area contributed by atoms with Crippen LogP contribution in [0.5, 0.6) is 0 Å². The Morgan fingerprint density at radius 2 is 2.00 bits per heavy atom. The van der Waals surface area contributed by atoms with E-state index < -0.39 is 0 Å².